The van der Waals surface area contributed by atoms with Gasteiger partial charge < -0.3 is 94.1 Å². The second-order valence-corrected chi connectivity index (χ2v) is 12.2. The fraction of sp³-hybridized carbons (Fsp3) is 0.516. The molecule has 0 radical (unpaired) electrons. The summed E-state index contributed by atoms with van der Waals surface area (Å²) in [5.41, 5.74) is -1.51. The Kier molecular flexibility index (Phi) is 10.6. The Balaban J connectivity index is 1.39. The van der Waals surface area contributed by atoms with E-state index in [0.717, 1.165) is 24.3 Å². The van der Waals surface area contributed by atoms with Crippen LogP contribution >= 0.6 is 0 Å². The van der Waals surface area contributed by atoms with Crippen molar-refractivity contribution >= 4 is 11.0 Å². The van der Waals surface area contributed by atoms with E-state index in [-0.39, 0.29) is 16.9 Å². The highest BCUT2D eigenvalue weighted by Gasteiger charge is 2.50. The predicted molar refractivity (Wildman–Crippen MR) is 162 cm³/mol. The second kappa shape index (κ2) is 14.6. The largest absolute Gasteiger partial charge is 0.507 e. The van der Waals surface area contributed by atoms with Crippen LogP contribution in [-0.2, 0) is 18.9 Å². The minimum Gasteiger partial charge on any atom is -0.507 e. The molecule has 20 nitrogen and oxygen atoms in total. The van der Waals surface area contributed by atoms with Gasteiger partial charge in [-0.25, -0.2) is 0 Å². The van der Waals surface area contributed by atoms with Gasteiger partial charge in [-0.15, -0.1) is 0 Å². The van der Waals surface area contributed by atoms with Gasteiger partial charge in [0.05, 0.1) is 19.8 Å². The molecular formula is C31H36O20. The van der Waals surface area contributed by atoms with E-state index in [4.69, 9.17) is 32.8 Å². The molecule has 0 spiro atoms. The lowest BCUT2D eigenvalue weighted by Gasteiger charge is -2.44. The normalized spacial score (nSPS) is 35.8. The van der Waals surface area contributed by atoms with Gasteiger partial charge in [-0.3, -0.25) is 4.79 Å². The summed E-state index contributed by atoms with van der Waals surface area (Å²) in [6.07, 6.45) is -21.9. The van der Waals surface area contributed by atoms with Crippen LogP contribution in [0.4, 0.5) is 0 Å². The summed E-state index contributed by atoms with van der Waals surface area (Å²) in [7, 11) is 0. The number of rotatable bonds is 8. The van der Waals surface area contributed by atoms with Crippen molar-refractivity contribution in [1.82, 2.24) is 0 Å². The van der Waals surface area contributed by atoms with Crippen molar-refractivity contribution in [1.29, 1.82) is 0 Å². The predicted octanol–water partition coefficient (Wildman–Crippen LogP) is -3.96. The smallest absolute Gasteiger partial charge is 0.239 e. The molecular weight excluding hydrogens is 692 g/mol. The number of aromatic hydroxyl groups is 3. The van der Waals surface area contributed by atoms with Gasteiger partial charge in [0.15, 0.2) is 29.7 Å². The molecule has 4 heterocycles. The summed E-state index contributed by atoms with van der Waals surface area (Å²) >= 11 is 0. The minimum atomic E-state index is -1.86. The minimum absolute atomic E-state index is 0.0682. The van der Waals surface area contributed by atoms with Crippen LogP contribution in [0.5, 0.6) is 28.7 Å². The van der Waals surface area contributed by atoms with Gasteiger partial charge in [0, 0.05) is 17.7 Å². The Labute approximate surface area is 285 Å². The molecule has 20 heteroatoms. The van der Waals surface area contributed by atoms with Crippen molar-refractivity contribution in [3.63, 3.8) is 0 Å². The summed E-state index contributed by atoms with van der Waals surface area (Å²) in [4.78, 5) is 13.9. The highest BCUT2D eigenvalue weighted by Crippen LogP contribution is 2.40. The zero-order valence-corrected chi connectivity index (χ0v) is 26.1. The van der Waals surface area contributed by atoms with E-state index in [1.54, 1.807) is 0 Å². The fourth-order valence-electron chi connectivity index (χ4n) is 5.77. The molecule has 0 saturated carbocycles. The summed E-state index contributed by atoms with van der Waals surface area (Å²) < 4.78 is 39.1. The van der Waals surface area contributed by atoms with Crippen LogP contribution in [0, 0.1) is 0 Å². The van der Waals surface area contributed by atoms with Crippen LogP contribution in [-0.4, -0.2) is 161 Å². The lowest BCUT2D eigenvalue weighted by Crippen LogP contribution is -2.63. The first kappa shape index (κ1) is 36.9. The van der Waals surface area contributed by atoms with Crippen molar-refractivity contribution < 1.29 is 94.1 Å². The highest BCUT2D eigenvalue weighted by atomic mass is 16.8. The Morgan fingerprint density at radius 1 is 0.686 bits per heavy atom. The zero-order valence-electron chi connectivity index (χ0n) is 26.1. The standard InChI is InChI=1S/C31H36O20/c32-6-17-21(40)23(42)28(51-30-25(44)20(39)15(37)8-46-30)31(49-17)47-10-4-13(35)18-16(5-10)48-26(9-1-2-11(33)12(34)3-9)27(22(18)41)50-29-24(43)19(38)14(36)7-45-29/h1-5,14-15,17,19-21,23-25,28-40,42-44H,6-8H2/t14-,15-,17-,19+,20+,21-,23+,24-,25-,28-,29+,30+,31-/m1/s1. The average molecular weight is 729 g/mol. The van der Waals surface area contributed by atoms with Crippen LogP contribution in [0.3, 0.4) is 0 Å². The third-order valence-corrected chi connectivity index (χ3v) is 8.65. The lowest BCUT2D eigenvalue weighted by atomic mass is 9.98. The fourth-order valence-corrected chi connectivity index (χ4v) is 5.77. The molecule has 6 rings (SSSR count). The molecule has 3 aromatic rings. The Morgan fingerprint density at radius 3 is 1.98 bits per heavy atom. The number of phenolic OH excluding ortho intramolecular Hbond substituents is 3. The molecule has 51 heavy (non-hydrogen) atoms. The lowest BCUT2D eigenvalue weighted by molar-refractivity contribution is -0.344. The molecule has 0 aliphatic carbocycles. The average Bonchev–Trinajstić information content (AvgIpc) is 3.10. The summed E-state index contributed by atoms with van der Waals surface area (Å²) in [5.74, 6) is -3.39. The summed E-state index contributed by atoms with van der Waals surface area (Å²) in [5, 5.41) is 122. The van der Waals surface area contributed by atoms with E-state index in [2.05, 4.69) is 0 Å². The molecule has 2 aromatic carbocycles. The molecule has 0 unspecified atom stereocenters. The molecule has 1 aromatic heterocycles. The van der Waals surface area contributed by atoms with Gasteiger partial charge in [0.1, 0.15) is 77.4 Å². The highest BCUT2D eigenvalue weighted by molar-refractivity contribution is 5.88. The van der Waals surface area contributed by atoms with Crippen molar-refractivity contribution in [3.8, 4) is 40.1 Å². The van der Waals surface area contributed by atoms with Crippen LogP contribution in [0.2, 0.25) is 0 Å². The first-order chi connectivity index (χ1) is 24.2. The first-order valence-corrected chi connectivity index (χ1v) is 15.5. The summed E-state index contributed by atoms with van der Waals surface area (Å²) in [6, 6.07) is 5.28. The molecule has 12 N–H and O–H groups in total. The second-order valence-electron chi connectivity index (χ2n) is 12.2. The number of ether oxygens (including phenoxy) is 6. The first-order valence-electron chi connectivity index (χ1n) is 15.5. The maximum Gasteiger partial charge on any atom is 0.239 e. The van der Waals surface area contributed by atoms with E-state index in [9.17, 15) is 66.1 Å². The number of benzene rings is 2. The Morgan fingerprint density at radius 2 is 1.33 bits per heavy atom. The Hall–Kier alpha value is -3.87. The maximum atomic E-state index is 13.9. The van der Waals surface area contributed by atoms with Crippen molar-refractivity contribution in [2.75, 3.05) is 19.8 Å². The number of aliphatic hydroxyl groups excluding tert-OH is 9. The van der Waals surface area contributed by atoms with Crippen molar-refractivity contribution in [2.45, 2.75) is 79.9 Å². The molecule has 3 aliphatic heterocycles. The molecule has 3 saturated heterocycles. The maximum absolute atomic E-state index is 13.9. The number of hydrogen-bond donors (Lipinski definition) is 12. The van der Waals surface area contributed by atoms with E-state index in [1.165, 1.54) is 6.07 Å². The quantitative estimate of drug-likeness (QED) is 0.0984. The third-order valence-electron chi connectivity index (χ3n) is 8.65. The SMILES string of the molecule is O=c1c(O[C@@H]2OC[C@@H](O)[C@H](O)[C@H]2O)c(-c2ccc(O)c(O)c2)oc2cc(O[C@@H]3O[C@H](CO)[C@@H](O)[C@H](O)[C@H]3O[C@@H]3OC[C@@H](O)[C@H](O)[C@H]3O)cc(O)c12. The van der Waals surface area contributed by atoms with Crippen LogP contribution < -0.4 is 14.9 Å². The molecule has 3 aliphatic rings. The Bertz CT molecular complexity index is 1770. The number of phenols is 3. The zero-order chi connectivity index (χ0) is 36.9. The topological polar surface area (TPSA) is 328 Å². The van der Waals surface area contributed by atoms with Crippen molar-refractivity contribution in [2.24, 2.45) is 0 Å². The number of fused-ring (bicyclic) bond motifs is 1. The monoisotopic (exact) mass is 728 g/mol. The van der Waals surface area contributed by atoms with Crippen LogP contribution in [0.25, 0.3) is 22.3 Å². The van der Waals surface area contributed by atoms with E-state index < -0.39 is 139 Å². The number of aliphatic hydroxyl groups is 9. The molecule has 13 atom stereocenters. The van der Waals surface area contributed by atoms with Crippen LogP contribution in [0.15, 0.2) is 39.5 Å². The summed E-state index contributed by atoms with van der Waals surface area (Å²) in [6.45, 7) is -1.77. The molecule has 3 fully saturated rings. The third kappa shape index (κ3) is 7.02. The van der Waals surface area contributed by atoms with Crippen LogP contribution in [0.1, 0.15) is 0 Å². The van der Waals surface area contributed by atoms with Gasteiger partial charge >= 0.3 is 0 Å². The van der Waals surface area contributed by atoms with Gasteiger partial charge in [-0.2, -0.15) is 0 Å². The molecule has 0 bridgehead atoms. The van der Waals surface area contributed by atoms with Gasteiger partial charge in [0.2, 0.25) is 23.8 Å². The van der Waals surface area contributed by atoms with E-state index >= 15 is 0 Å². The van der Waals surface area contributed by atoms with Crippen molar-refractivity contribution in [3.05, 3.63) is 40.6 Å². The van der Waals surface area contributed by atoms with Gasteiger partial charge in [-0.1, -0.05) is 0 Å². The van der Waals surface area contributed by atoms with E-state index in [1.807, 2.05) is 0 Å². The molecule has 0 amide bonds. The number of hydrogen-bond acceptors (Lipinski definition) is 20. The molecule has 280 valence electrons. The van der Waals surface area contributed by atoms with Gasteiger partial charge in [0.25, 0.3) is 0 Å². The van der Waals surface area contributed by atoms with E-state index in [0.29, 0.717) is 0 Å². The van der Waals surface area contributed by atoms with Gasteiger partial charge in [-0.05, 0) is 18.2 Å².